The van der Waals surface area contributed by atoms with E-state index in [1.165, 1.54) is 4.88 Å². The lowest BCUT2D eigenvalue weighted by Crippen LogP contribution is -1.94. The molecular weight excluding hydrogens is 274 g/mol. The van der Waals surface area contributed by atoms with Crippen LogP contribution in [0.5, 0.6) is 0 Å². The predicted molar refractivity (Wildman–Crippen MR) is 66.8 cm³/mol. The van der Waals surface area contributed by atoms with E-state index in [1.54, 1.807) is 11.3 Å². The van der Waals surface area contributed by atoms with E-state index in [9.17, 15) is 0 Å². The molecule has 1 N–H and O–H groups in total. The van der Waals surface area contributed by atoms with Crippen molar-refractivity contribution in [3.05, 3.63) is 33.4 Å². The first kappa shape index (κ1) is 10.6. The van der Waals surface area contributed by atoms with E-state index < -0.39 is 0 Å². The van der Waals surface area contributed by atoms with Crippen molar-refractivity contribution in [2.24, 2.45) is 0 Å². The van der Waals surface area contributed by atoms with Crippen molar-refractivity contribution in [2.45, 2.75) is 13.8 Å². The molecule has 0 aliphatic rings. The first-order valence-electron chi connectivity index (χ1n) is 4.48. The number of hydrogen-bond donors (Lipinski definition) is 1. The molecule has 15 heavy (non-hydrogen) atoms. The molecule has 2 aromatic rings. The van der Waals surface area contributed by atoms with Gasteiger partial charge < -0.3 is 5.32 Å². The van der Waals surface area contributed by atoms with Gasteiger partial charge in [-0.05, 0) is 41.9 Å². The molecule has 2 rings (SSSR count). The number of thiazole rings is 1. The maximum absolute atomic E-state index is 4.39. The van der Waals surface area contributed by atoms with Crippen molar-refractivity contribution in [1.29, 1.82) is 0 Å². The molecule has 0 amide bonds. The molecule has 0 aliphatic carbocycles. The fourth-order valence-corrected chi connectivity index (χ4v) is 2.03. The monoisotopic (exact) mass is 283 g/mol. The number of aryl methyl sites for hydroxylation is 2. The Hall–Kier alpha value is -0.940. The van der Waals surface area contributed by atoms with Gasteiger partial charge in [-0.2, -0.15) is 0 Å². The maximum atomic E-state index is 4.39. The van der Waals surface area contributed by atoms with Crippen molar-refractivity contribution in [2.75, 3.05) is 5.32 Å². The normalized spacial score (nSPS) is 10.3. The molecule has 0 aliphatic heterocycles. The Labute approximate surface area is 101 Å². The summed E-state index contributed by atoms with van der Waals surface area (Å²) in [4.78, 5) is 9.79. The van der Waals surface area contributed by atoms with Crippen LogP contribution in [-0.4, -0.2) is 9.97 Å². The van der Waals surface area contributed by atoms with Gasteiger partial charge in [-0.3, -0.25) is 0 Å². The number of halogens is 1. The summed E-state index contributed by atoms with van der Waals surface area (Å²) in [6.07, 6.45) is 1.85. The highest BCUT2D eigenvalue weighted by Gasteiger charge is 2.02. The zero-order valence-electron chi connectivity index (χ0n) is 8.41. The van der Waals surface area contributed by atoms with E-state index in [0.717, 1.165) is 21.1 Å². The van der Waals surface area contributed by atoms with E-state index in [-0.39, 0.29) is 0 Å². The third-order valence-electron chi connectivity index (χ3n) is 1.88. The molecule has 0 unspecified atom stereocenters. The number of pyridine rings is 1. The molecule has 3 nitrogen and oxygen atoms in total. The molecule has 0 atom stereocenters. The van der Waals surface area contributed by atoms with E-state index in [2.05, 4.69) is 31.2 Å². The first-order valence-corrected chi connectivity index (χ1v) is 6.09. The highest BCUT2D eigenvalue weighted by Crippen LogP contribution is 2.22. The highest BCUT2D eigenvalue weighted by atomic mass is 79.9. The van der Waals surface area contributed by atoms with Gasteiger partial charge in [-0.25, -0.2) is 9.97 Å². The second-order valence-corrected chi connectivity index (χ2v) is 5.25. The summed E-state index contributed by atoms with van der Waals surface area (Å²) in [6.45, 7) is 3.99. The Morgan fingerprint density at radius 1 is 1.33 bits per heavy atom. The van der Waals surface area contributed by atoms with Gasteiger partial charge in [0.05, 0.1) is 5.69 Å². The van der Waals surface area contributed by atoms with Gasteiger partial charge in [0.1, 0.15) is 5.82 Å². The number of anilines is 2. The van der Waals surface area contributed by atoms with Crippen LogP contribution in [-0.2, 0) is 0 Å². The molecule has 0 radical (unpaired) electrons. The molecule has 5 heteroatoms. The molecule has 0 saturated heterocycles. The van der Waals surface area contributed by atoms with E-state index in [1.807, 2.05) is 32.2 Å². The second kappa shape index (κ2) is 4.28. The van der Waals surface area contributed by atoms with Crippen molar-refractivity contribution >= 4 is 38.2 Å². The van der Waals surface area contributed by atoms with Crippen LogP contribution in [0.25, 0.3) is 0 Å². The average Bonchev–Trinajstić information content (AvgIpc) is 2.58. The van der Waals surface area contributed by atoms with E-state index >= 15 is 0 Å². The van der Waals surface area contributed by atoms with E-state index in [4.69, 9.17) is 0 Å². The molecule has 0 bridgehead atoms. The lowest BCUT2D eigenvalue weighted by molar-refractivity contribution is 1.17. The smallest absolute Gasteiger partial charge is 0.188 e. The van der Waals surface area contributed by atoms with Crippen molar-refractivity contribution in [3.8, 4) is 0 Å². The van der Waals surface area contributed by atoms with Crippen molar-refractivity contribution in [3.63, 3.8) is 0 Å². The van der Waals surface area contributed by atoms with Crippen LogP contribution in [0.15, 0.2) is 22.8 Å². The maximum Gasteiger partial charge on any atom is 0.188 e. The van der Waals surface area contributed by atoms with Crippen molar-refractivity contribution in [1.82, 2.24) is 9.97 Å². The molecule has 2 aromatic heterocycles. The summed E-state index contributed by atoms with van der Waals surface area (Å²) in [5.41, 5.74) is 0.966. The van der Waals surface area contributed by atoms with Gasteiger partial charge in [0.2, 0.25) is 0 Å². The standard InChI is InChI=1S/C10H10BrN3S/c1-6-5-12-10(15-6)14-9-4-3-8(11)7(2)13-9/h3-5H,1-2H3,(H,12,13,14). The molecule has 0 saturated carbocycles. The van der Waals surface area contributed by atoms with Crippen LogP contribution in [0.1, 0.15) is 10.6 Å². The molecular formula is C10H10BrN3S. The Bertz CT molecular complexity index is 481. The van der Waals surface area contributed by atoms with E-state index in [0.29, 0.717) is 0 Å². The summed E-state index contributed by atoms with van der Waals surface area (Å²) in [5, 5.41) is 4.04. The summed E-state index contributed by atoms with van der Waals surface area (Å²) in [7, 11) is 0. The lowest BCUT2D eigenvalue weighted by atomic mass is 10.4. The van der Waals surface area contributed by atoms with Gasteiger partial charge in [0.15, 0.2) is 5.13 Å². The molecule has 78 valence electrons. The number of hydrogen-bond acceptors (Lipinski definition) is 4. The predicted octanol–water partition coefficient (Wildman–Crippen LogP) is 3.66. The highest BCUT2D eigenvalue weighted by molar-refractivity contribution is 9.10. The van der Waals surface area contributed by atoms with Gasteiger partial charge in [-0.15, -0.1) is 11.3 Å². The van der Waals surface area contributed by atoms with Crippen LogP contribution >= 0.6 is 27.3 Å². The second-order valence-electron chi connectivity index (χ2n) is 3.16. The first-order chi connectivity index (χ1) is 7.15. The Kier molecular flexibility index (Phi) is 3.02. The summed E-state index contributed by atoms with van der Waals surface area (Å²) in [5.74, 6) is 0.824. The fourth-order valence-electron chi connectivity index (χ4n) is 1.14. The fraction of sp³-hybridized carbons (Fsp3) is 0.200. The quantitative estimate of drug-likeness (QED) is 0.914. The Morgan fingerprint density at radius 2 is 2.13 bits per heavy atom. The Morgan fingerprint density at radius 3 is 2.73 bits per heavy atom. The van der Waals surface area contributed by atoms with Gasteiger partial charge in [0, 0.05) is 15.5 Å². The van der Waals surface area contributed by atoms with Crippen LogP contribution in [0.2, 0.25) is 0 Å². The molecule has 0 spiro atoms. The van der Waals surface area contributed by atoms with Crippen LogP contribution < -0.4 is 5.32 Å². The van der Waals surface area contributed by atoms with Crippen molar-refractivity contribution < 1.29 is 0 Å². The zero-order chi connectivity index (χ0) is 10.8. The topological polar surface area (TPSA) is 37.8 Å². The minimum atomic E-state index is 0.824. The van der Waals surface area contributed by atoms with Gasteiger partial charge >= 0.3 is 0 Å². The summed E-state index contributed by atoms with van der Waals surface area (Å²) >= 11 is 5.03. The van der Waals surface area contributed by atoms with Crippen LogP contribution in [0, 0.1) is 13.8 Å². The minimum absolute atomic E-state index is 0.824. The number of nitrogens with one attached hydrogen (secondary N) is 1. The zero-order valence-corrected chi connectivity index (χ0v) is 10.8. The third kappa shape index (κ3) is 2.54. The van der Waals surface area contributed by atoms with Gasteiger partial charge in [-0.1, -0.05) is 0 Å². The van der Waals surface area contributed by atoms with Crippen LogP contribution in [0.4, 0.5) is 10.9 Å². The number of rotatable bonds is 2. The number of aromatic nitrogens is 2. The largest absolute Gasteiger partial charge is 0.316 e. The lowest BCUT2D eigenvalue weighted by Gasteiger charge is -2.03. The minimum Gasteiger partial charge on any atom is -0.316 e. The molecule has 2 heterocycles. The van der Waals surface area contributed by atoms with Crippen LogP contribution in [0.3, 0.4) is 0 Å². The number of nitrogens with zero attached hydrogens (tertiary/aromatic N) is 2. The Balaban J connectivity index is 2.21. The van der Waals surface area contributed by atoms with Gasteiger partial charge in [0.25, 0.3) is 0 Å². The third-order valence-corrected chi connectivity index (χ3v) is 3.54. The summed E-state index contributed by atoms with van der Waals surface area (Å²) < 4.78 is 1.02. The average molecular weight is 284 g/mol. The summed E-state index contributed by atoms with van der Waals surface area (Å²) in [6, 6.07) is 3.90. The molecule has 0 fully saturated rings. The SMILES string of the molecule is Cc1cnc(Nc2ccc(Br)c(C)n2)s1. The molecule has 0 aromatic carbocycles.